The second kappa shape index (κ2) is 6.06. The zero-order valence-corrected chi connectivity index (χ0v) is 17.2. The molecule has 4 rings (SSSR count). The highest BCUT2D eigenvalue weighted by atomic mass is 16.5. The average Bonchev–Trinajstić information content (AvgIpc) is 2.74. The summed E-state index contributed by atoms with van der Waals surface area (Å²) in [4.78, 5) is 27.1. The van der Waals surface area contributed by atoms with E-state index in [4.69, 9.17) is 9.47 Å². The van der Waals surface area contributed by atoms with Crippen LogP contribution in [0.15, 0.2) is 24.3 Å². The zero-order chi connectivity index (χ0) is 20.4. The first-order valence-corrected chi connectivity index (χ1v) is 10.2. The molecule has 1 aliphatic heterocycles. The molecule has 3 aliphatic rings. The predicted octanol–water partition coefficient (Wildman–Crippen LogP) is 3.92. The minimum Gasteiger partial charge on any atom is -0.485 e. The minimum absolute atomic E-state index is 0.00258. The van der Waals surface area contributed by atoms with Gasteiger partial charge in [0.1, 0.15) is 11.4 Å². The van der Waals surface area contributed by atoms with E-state index in [1.165, 1.54) is 7.11 Å². The summed E-state index contributed by atoms with van der Waals surface area (Å²) in [5.41, 5.74) is -3.38. The van der Waals surface area contributed by atoms with Crippen LogP contribution in [-0.2, 0) is 9.53 Å². The lowest BCUT2D eigenvalue weighted by molar-refractivity contribution is -0.173. The molecule has 0 amide bonds. The molecule has 5 heteroatoms. The number of carbonyl (C=O) groups is 2. The molecular formula is C23H30O5. The predicted molar refractivity (Wildman–Crippen MR) is 104 cm³/mol. The van der Waals surface area contributed by atoms with Crippen molar-refractivity contribution in [2.24, 2.45) is 16.7 Å². The number of hydrogen-bond acceptors (Lipinski definition) is 5. The van der Waals surface area contributed by atoms with Crippen LogP contribution in [0.5, 0.6) is 5.75 Å². The third kappa shape index (κ3) is 2.41. The van der Waals surface area contributed by atoms with E-state index in [-0.39, 0.29) is 23.5 Å². The molecule has 0 radical (unpaired) electrons. The Bertz CT molecular complexity index is 830. The number of benzene rings is 1. The fourth-order valence-corrected chi connectivity index (χ4v) is 6.31. The highest BCUT2D eigenvalue weighted by molar-refractivity contribution is 6.16. The van der Waals surface area contributed by atoms with E-state index in [2.05, 4.69) is 13.8 Å². The van der Waals surface area contributed by atoms with Gasteiger partial charge in [-0.25, -0.2) is 0 Å². The van der Waals surface area contributed by atoms with Crippen LogP contribution in [0.4, 0.5) is 0 Å². The van der Waals surface area contributed by atoms with E-state index in [0.29, 0.717) is 30.6 Å². The number of ketones is 1. The van der Waals surface area contributed by atoms with Gasteiger partial charge in [0.25, 0.3) is 0 Å². The molecule has 5 nitrogen and oxygen atoms in total. The third-order valence-electron chi connectivity index (χ3n) is 7.80. The summed E-state index contributed by atoms with van der Waals surface area (Å²) in [7, 11) is 1.31. The van der Waals surface area contributed by atoms with Gasteiger partial charge in [-0.1, -0.05) is 32.4 Å². The Hall–Kier alpha value is -1.88. The number of rotatable bonds is 1. The van der Waals surface area contributed by atoms with Gasteiger partial charge in [-0.15, -0.1) is 0 Å². The molecule has 1 heterocycles. The molecule has 152 valence electrons. The van der Waals surface area contributed by atoms with Crippen molar-refractivity contribution >= 4 is 11.8 Å². The van der Waals surface area contributed by atoms with Gasteiger partial charge in [-0.2, -0.15) is 0 Å². The van der Waals surface area contributed by atoms with E-state index in [1.54, 1.807) is 18.2 Å². The van der Waals surface area contributed by atoms with Crippen molar-refractivity contribution in [1.82, 2.24) is 0 Å². The van der Waals surface area contributed by atoms with Crippen molar-refractivity contribution in [2.45, 2.75) is 70.5 Å². The van der Waals surface area contributed by atoms with Crippen molar-refractivity contribution < 1.29 is 24.2 Å². The second-order valence-corrected chi connectivity index (χ2v) is 9.77. The molecule has 0 aromatic heterocycles. The number of para-hydroxylation sites is 1. The summed E-state index contributed by atoms with van der Waals surface area (Å²) in [6.45, 7) is 6.20. The molecule has 28 heavy (non-hydrogen) atoms. The first-order chi connectivity index (χ1) is 13.1. The standard InChI is InChI=1S/C23H30O5/c1-20(2)11-7-12-22(26)14-23(19(25)27-4)18(24)15-8-5-6-9-16(15)28-21(23,3)13-10-17(20)22/h5-6,8-9,17,26H,7,10-14H2,1-4H3/t17-,21+,22+,23+/m0/s1. The fraction of sp³-hybridized carbons (Fsp3) is 0.652. The zero-order valence-electron chi connectivity index (χ0n) is 17.2. The maximum atomic E-state index is 13.8. The Balaban J connectivity index is 1.93. The summed E-state index contributed by atoms with van der Waals surface area (Å²) in [6, 6.07) is 7.06. The van der Waals surface area contributed by atoms with Crippen molar-refractivity contribution in [3.8, 4) is 5.75 Å². The van der Waals surface area contributed by atoms with Crippen molar-refractivity contribution in [2.75, 3.05) is 7.11 Å². The first-order valence-electron chi connectivity index (χ1n) is 10.2. The van der Waals surface area contributed by atoms with Crippen LogP contribution in [-0.4, -0.2) is 35.2 Å². The van der Waals surface area contributed by atoms with Crippen LogP contribution in [0.1, 0.15) is 69.7 Å². The third-order valence-corrected chi connectivity index (χ3v) is 7.80. The van der Waals surface area contributed by atoms with Crippen LogP contribution in [0.25, 0.3) is 0 Å². The first kappa shape index (κ1) is 19.4. The molecule has 1 aromatic carbocycles. The Morgan fingerprint density at radius 1 is 1.18 bits per heavy atom. The number of ether oxygens (including phenoxy) is 2. The average molecular weight is 386 g/mol. The largest absolute Gasteiger partial charge is 0.485 e. The highest BCUT2D eigenvalue weighted by Crippen LogP contribution is 2.61. The molecule has 0 spiro atoms. The van der Waals surface area contributed by atoms with Crippen molar-refractivity contribution in [1.29, 1.82) is 0 Å². The monoisotopic (exact) mass is 386 g/mol. The number of hydrogen-bond donors (Lipinski definition) is 1. The lowest BCUT2D eigenvalue weighted by atomic mass is 9.56. The van der Waals surface area contributed by atoms with Gasteiger partial charge in [0.05, 0.1) is 18.3 Å². The molecule has 0 saturated heterocycles. The van der Waals surface area contributed by atoms with Crippen molar-refractivity contribution in [3.05, 3.63) is 29.8 Å². The van der Waals surface area contributed by atoms with Crippen LogP contribution in [0.2, 0.25) is 0 Å². The van der Waals surface area contributed by atoms with Crippen LogP contribution in [0, 0.1) is 16.7 Å². The number of esters is 1. The van der Waals surface area contributed by atoms with Gasteiger partial charge in [0.2, 0.25) is 0 Å². The van der Waals surface area contributed by atoms with Gasteiger partial charge in [-0.05, 0) is 56.1 Å². The van der Waals surface area contributed by atoms with E-state index < -0.39 is 22.6 Å². The smallest absolute Gasteiger partial charge is 0.324 e. The molecule has 2 aliphatic carbocycles. The molecule has 4 atom stereocenters. The Morgan fingerprint density at radius 3 is 2.61 bits per heavy atom. The van der Waals surface area contributed by atoms with E-state index >= 15 is 0 Å². The van der Waals surface area contributed by atoms with E-state index in [0.717, 1.165) is 12.8 Å². The number of carbonyl (C=O) groups excluding carboxylic acids is 2. The van der Waals surface area contributed by atoms with E-state index in [1.807, 2.05) is 13.0 Å². The molecular weight excluding hydrogens is 356 g/mol. The number of Topliss-reactive ketones (excluding diaryl/α,β-unsaturated/α-hetero) is 1. The summed E-state index contributed by atoms with van der Waals surface area (Å²) >= 11 is 0. The van der Waals surface area contributed by atoms with Gasteiger partial charge in [0.15, 0.2) is 11.2 Å². The van der Waals surface area contributed by atoms with Crippen LogP contribution < -0.4 is 4.74 Å². The van der Waals surface area contributed by atoms with E-state index in [9.17, 15) is 14.7 Å². The lowest BCUT2D eigenvalue weighted by Gasteiger charge is -2.52. The number of fused-ring (bicyclic) bond motifs is 3. The summed E-state index contributed by atoms with van der Waals surface area (Å²) in [5.74, 6) is -0.393. The molecule has 0 bridgehead atoms. The molecule has 1 aromatic rings. The van der Waals surface area contributed by atoms with Gasteiger partial charge in [-0.3, -0.25) is 9.59 Å². The SMILES string of the molecule is COC(=O)[C@]12C[C@]3(O)CCCC(C)(C)[C@@H]3CC[C@@]1(C)Oc1ccccc1C2=O. The molecule has 0 unspecified atom stereocenters. The van der Waals surface area contributed by atoms with Crippen molar-refractivity contribution in [3.63, 3.8) is 0 Å². The topological polar surface area (TPSA) is 72.8 Å². The van der Waals surface area contributed by atoms with Gasteiger partial charge >= 0.3 is 5.97 Å². The second-order valence-electron chi connectivity index (χ2n) is 9.77. The van der Waals surface area contributed by atoms with Crippen LogP contribution in [0.3, 0.4) is 0 Å². The number of methoxy groups -OCH3 is 1. The van der Waals surface area contributed by atoms with Gasteiger partial charge < -0.3 is 14.6 Å². The highest BCUT2D eigenvalue weighted by Gasteiger charge is 2.70. The van der Waals surface area contributed by atoms with Gasteiger partial charge in [0, 0.05) is 6.42 Å². The fourth-order valence-electron chi connectivity index (χ4n) is 6.31. The maximum absolute atomic E-state index is 13.8. The maximum Gasteiger partial charge on any atom is 0.324 e. The minimum atomic E-state index is -1.55. The molecule has 2 fully saturated rings. The Morgan fingerprint density at radius 2 is 1.89 bits per heavy atom. The normalized spacial score (nSPS) is 38.9. The summed E-state index contributed by atoms with van der Waals surface area (Å²) < 4.78 is 11.6. The number of aliphatic hydroxyl groups is 1. The summed E-state index contributed by atoms with van der Waals surface area (Å²) in [6.07, 6.45) is 3.75. The molecule has 2 saturated carbocycles. The summed E-state index contributed by atoms with van der Waals surface area (Å²) in [5, 5.41) is 11.8. The Kier molecular flexibility index (Phi) is 4.20. The quantitative estimate of drug-likeness (QED) is 0.585. The Labute approximate surface area is 166 Å². The molecule has 1 N–H and O–H groups in total. The lowest BCUT2D eigenvalue weighted by Crippen LogP contribution is -2.64. The van der Waals surface area contributed by atoms with Crippen LogP contribution >= 0.6 is 0 Å².